The Balaban J connectivity index is 2.90. The first-order chi connectivity index (χ1) is 5.24. The number of aryl methyl sites for hydroxylation is 1. The van der Waals surface area contributed by atoms with Crippen LogP contribution in [-0.4, -0.2) is 23.9 Å². The average molecular weight is 151 g/mol. The number of nitrogens with zero attached hydrogens (tertiary/aromatic N) is 2. The zero-order chi connectivity index (χ0) is 8.27. The van der Waals surface area contributed by atoms with Gasteiger partial charge in [-0.25, -0.2) is 0 Å². The van der Waals surface area contributed by atoms with Crippen molar-refractivity contribution < 1.29 is 9.76 Å². The molecule has 0 saturated heterocycles. The summed E-state index contributed by atoms with van der Waals surface area (Å²) in [6, 6.07) is 0. The Hall–Kier alpha value is -1.26. The fourth-order valence-corrected chi connectivity index (χ4v) is 0.673. The van der Waals surface area contributed by atoms with Crippen LogP contribution in [0.5, 0.6) is 0 Å². The molecular formula is C6H8BN2O2+. The molecule has 0 fully saturated rings. The Morgan fingerprint density at radius 1 is 1.73 bits per heavy atom. The molecule has 0 unspecified atom stereocenters. The summed E-state index contributed by atoms with van der Waals surface area (Å²) < 4.78 is 0. The van der Waals surface area contributed by atoms with Crippen LogP contribution in [0.25, 0.3) is 0 Å². The normalized spacial score (nSPS) is 8.91. The first kappa shape index (κ1) is 7.85. The third kappa shape index (κ3) is 1.83. The molecule has 0 N–H and O–H groups in total. The first-order valence-electron chi connectivity index (χ1n) is 3.18. The van der Waals surface area contributed by atoms with Gasteiger partial charge < -0.3 is 0 Å². The second-order valence-corrected chi connectivity index (χ2v) is 2.10. The van der Waals surface area contributed by atoms with E-state index < -0.39 is 0 Å². The van der Waals surface area contributed by atoms with Gasteiger partial charge in [0, 0.05) is 0 Å². The van der Waals surface area contributed by atoms with E-state index in [1.54, 1.807) is 12.9 Å². The van der Waals surface area contributed by atoms with Crippen molar-refractivity contribution in [2.24, 2.45) is 0 Å². The van der Waals surface area contributed by atoms with E-state index in [4.69, 9.17) is 0 Å². The van der Waals surface area contributed by atoms with E-state index in [9.17, 15) is 4.91 Å². The molecule has 0 saturated carbocycles. The molecule has 0 aliphatic carbocycles. The molecule has 0 aromatic carbocycles. The van der Waals surface area contributed by atoms with Crippen molar-refractivity contribution in [2.45, 2.75) is 6.92 Å². The summed E-state index contributed by atoms with van der Waals surface area (Å²) in [4.78, 5) is 19.5. The minimum atomic E-state index is 0.401. The van der Waals surface area contributed by atoms with Gasteiger partial charge in [0.05, 0.1) is 0 Å². The quantitative estimate of drug-likeness (QED) is 0.584. The van der Waals surface area contributed by atoms with Crippen LogP contribution < -0.4 is 0 Å². The fraction of sp³-hybridized carbons (Fsp3) is 0.333. The maximum atomic E-state index is 10.8. The third-order valence-electron chi connectivity index (χ3n) is 1.27. The second-order valence-electron chi connectivity index (χ2n) is 2.10. The van der Waals surface area contributed by atoms with Crippen molar-refractivity contribution in [3.8, 4) is 0 Å². The number of aromatic nitrogens is 1. The molecule has 4 nitrogen and oxygen atoms in total. The van der Waals surface area contributed by atoms with Crippen molar-refractivity contribution in [1.29, 1.82) is 0 Å². The minimum absolute atomic E-state index is 0.401. The molecule has 1 heterocycles. The second kappa shape index (κ2) is 3.23. The molecule has 0 spiro atoms. The molecule has 0 aliphatic heterocycles. The molecule has 0 amide bonds. The molecule has 0 atom stereocenters. The van der Waals surface area contributed by atoms with Gasteiger partial charge in [0.1, 0.15) is 0 Å². The van der Waals surface area contributed by atoms with E-state index in [2.05, 4.69) is 9.82 Å². The summed E-state index contributed by atoms with van der Waals surface area (Å²) in [5, 5.41) is 0. The summed E-state index contributed by atoms with van der Waals surface area (Å²) in [6.07, 6.45) is 1.46. The van der Waals surface area contributed by atoms with Crippen LogP contribution in [0.2, 0.25) is 0 Å². The van der Waals surface area contributed by atoms with Gasteiger partial charge >= 0.3 is 64.0 Å². The zero-order valence-corrected chi connectivity index (χ0v) is 6.44. The Kier molecular flexibility index (Phi) is 2.30. The third-order valence-corrected chi connectivity index (χ3v) is 1.27. The molecule has 0 radical (unpaired) electrons. The van der Waals surface area contributed by atoms with E-state index in [0.29, 0.717) is 10.6 Å². The van der Waals surface area contributed by atoms with Crippen molar-refractivity contribution in [1.82, 2.24) is 4.98 Å². The zero-order valence-electron chi connectivity index (χ0n) is 6.44. The van der Waals surface area contributed by atoms with Crippen LogP contribution in [0, 0.1) is 11.8 Å². The molecule has 1 rings (SSSR count). The standard InChI is InChI=1S/C6H8BN2O2/c1-5-7-3-6(4-8-5)9(10)11-2/h3-4H,1-2H3/q+1. The maximum absolute atomic E-state index is 10.8. The molecule has 0 aliphatic rings. The number of hydrogen-bond acceptors (Lipinski definition) is 3. The molecule has 1 aromatic rings. The van der Waals surface area contributed by atoms with E-state index in [1.165, 1.54) is 13.3 Å². The Bertz CT molecular complexity index is 260. The topological polar surface area (TPSA) is 42.2 Å². The van der Waals surface area contributed by atoms with Crippen molar-refractivity contribution in [2.75, 3.05) is 7.11 Å². The van der Waals surface area contributed by atoms with Crippen LogP contribution in [0.1, 0.15) is 5.59 Å². The van der Waals surface area contributed by atoms with Crippen molar-refractivity contribution in [3.05, 3.63) is 22.7 Å². The van der Waals surface area contributed by atoms with Gasteiger partial charge in [-0.3, -0.25) is 0 Å². The molecule has 1 aromatic heterocycles. The number of hydrogen-bond donors (Lipinski definition) is 0. The van der Waals surface area contributed by atoms with Crippen LogP contribution in [0.15, 0.2) is 12.2 Å². The van der Waals surface area contributed by atoms with Crippen molar-refractivity contribution in [3.63, 3.8) is 0 Å². The van der Waals surface area contributed by atoms with Gasteiger partial charge in [-0.1, -0.05) is 0 Å². The predicted molar refractivity (Wildman–Crippen MR) is 40.6 cm³/mol. The Labute approximate surface area is 65.0 Å². The summed E-state index contributed by atoms with van der Waals surface area (Å²) >= 11 is 0. The van der Waals surface area contributed by atoms with Gasteiger partial charge in [0.15, 0.2) is 0 Å². The molecule has 11 heavy (non-hydrogen) atoms. The number of rotatable bonds is 2. The molecular weight excluding hydrogens is 143 g/mol. The van der Waals surface area contributed by atoms with Crippen LogP contribution in [-0.2, 0) is 4.84 Å². The summed E-state index contributed by atoms with van der Waals surface area (Å²) in [7, 11) is 1.31. The van der Waals surface area contributed by atoms with E-state index in [1.807, 2.05) is 6.92 Å². The average Bonchev–Trinajstić information content (AvgIpc) is 2.05. The van der Waals surface area contributed by atoms with Crippen LogP contribution in [0.4, 0.5) is 5.69 Å². The van der Waals surface area contributed by atoms with E-state index >= 15 is 0 Å². The Morgan fingerprint density at radius 2 is 2.45 bits per heavy atom. The van der Waals surface area contributed by atoms with Crippen molar-refractivity contribution >= 4 is 12.6 Å². The van der Waals surface area contributed by atoms with Crippen LogP contribution in [0.3, 0.4) is 0 Å². The van der Waals surface area contributed by atoms with Gasteiger partial charge in [-0.2, -0.15) is 0 Å². The molecule has 56 valence electrons. The summed E-state index contributed by atoms with van der Waals surface area (Å²) in [5.74, 6) is 1.65. The summed E-state index contributed by atoms with van der Waals surface area (Å²) in [5.41, 5.74) is 1.27. The monoisotopic (exact) mass is 151 g/mol. The van der Waals surface area contributed by atoms with Crippen LogP contribution >= 0.6 is 0 Å². The van der Waals surface area contributed by atoms with Gasteiger partial charge in [-0.05, 0) is 0 Å². The van der Waals surface area contributed by atoms with Gasteiger partial charge in [0.2, 0.25) is 0 Å². The predicted octanol–water partition coefficient (Wildman–Crippen LogP) is 0.700. The summed E-state index contributed by atoms with van der Waals surface area (Å²) in [6.45, 7) is 3.60. The Morgan fingerprint density at radius 3 is 2.91 bits per heavy atom. The fourth-order valence-electron chi connectivity index (χ4n) is 0.673. The molecule has 5 heteroatoms. The SMILES string of the molecule is CO[N+](=O)c1cbc(C)nc1. The first-order valence-corrected chi connectivity index (χ1v) is 3.18. The van der Waals surface area contributed by atoms with Gasteiger partial charge in [-0.15, -0.1) is 0 Å². The van der Waals surface area contributed by atoms with Gasteiger partial charge in [0.25, 0.3) is 0 Å². The van der Waals surface area contributed by atoms with E-state index in [-0.39, 0.29) is 0 Å². The molecule has 0 bridgehead atoms. The van der Waals surface area contributed by atoms with E-state index in [0.717, 1.165) is 5.59 Å².